The van der Waals surface area contributed by atoms with Gasteiger partial charge in [0.15, 0.2) is 16.8 Å². The molecular formula is C13H12ClFN2O2. The number of aryl methyl sites for hydroxylation is 1. The molecule has 0 bridgehead atoms. The van der Waals surface area contributed by atoms with Crippen LogP contribution in [0.1, 0.15) is 5.69 Å². The minimum atomic E-state index is -0.618. The summed E-state index contributed by atoms with van der Waals surface area (Å²) in [4.78, 5) is 8.01. The van der Waals surface area contributed by atoms with Crippen LogP contribution < -0.4 is 9.47 Å². The van der Waals surface area contributed by atoms with E-state index in [1.807, 2.05) is 0 Å². The van der Waals surface area contributed by atoms with Crippen molar-refractivity contribution in [3.05, 3.63) is 34.9 Å². The van der Waals surface area contributed by atoms with Crippen molar-refractivity contribution in [2.45, 2.75) is 6.92 Å². The molecule has 19 heavy (non-hydrogen) atoms. The van der Waals surface area contributed by atoms with Gasteiger partial charge in [-0.05, 0) is 25.1 Å². The Morgan fingerprint density at radius 1 is 1.16 bits per heavy atom. The molecule has 0 aliphatic rings. The van der Waals surface area contributed by atoms with Gasteiger partial charge in [0, 0.05) is 0 Å². The second kappa shape index (κ2) is 5.40. The summed E-state index contributed by atoms with van der Waals surface area (Å²) in [6, 6.07) is 5.19. The largest absolute Gasteiger partial charge is 0.497 e. The van der Waals surface area contributed by atoms with Gasteiger partial charge in [-0.2, -0.15) is 0 Å². The van der Waals surface area contributed by atoms with Gasteiger partial charge >= 0.3 is 0 Å². The molecule has 0 saturated carbocycles. The van der Waals surface area contributed by atoms with Gasteiger partial charge in [0.25, 0.3) is 0 Å². The lowest BCUT2D eigenvalue weighted by molar-refractivity contribution is 0.404. The highest BCUT2D eigenvalue weighted by Crippen LogP contribution is 2.32. The first-order valence-corrected chi connectivity index (χ1v) is 5.86. The summed E-state index contributed by atoms with van der Waals surface area (Å²) < 4.78 is 23.8. The minimum absolute atomic E-state index is 0.180. The van der Waals surface area contributed by atoms with Crippen LogP contribution in [0.15, 0.2) is 18.2 Å². The topological polar surface area (TPSA) is 44.2 Å². The van der Waals surface area contributed by atoms with E-state index < -0.39 is 5.82 Å². The van der Waals surface area contributed by atoms with Gasteiger partial charge in [-0.15, -0.1) is 0 Å². The molecular weight excluding hydrogens is 271 g/mol. The van der Waals surface area contributed by atoms with Crippen molar-refractivity contribution in [3.63, 3.8) is 0 Å². The summed E-state index contributed by atoms with van der Waals surface area (Å²) in [5.41, 5.74) is 0.770. The van der Waals surface area contributed by atoms with Crippen LogP contribution >= 0.6 is 11.6 Å². The molecule has 2 rings (SSSR count). The van der Waals surface area contributed by atoms with Crippen molar-refractivity contribution in [2.24, 2.45) is 0 Å². The van der Waals surface area contributed by atoms with Gasteiger partial charge in [0.1, 0.15) is 11.5 Å². The van der Waals surface area contributed by atoms with E-state index in [0.29, 0.717) is 22.9 Å². The Labute approximate surface area is 115 Å². The minimum Gasteiger partial charge on any atom is -0.497 e. The van der Waals surface area contributed by atoms with Gasteiger partial charge < -0.3 is 9.47 Å². The van der Waals surface area contributed by atoms with Crippen molar-refractivity contribution in [1.29, 1.82) is 0 Å². The Kier molecular flexibility index (Phi) is 3.85. The number of methoxy groups -OCH3 is 2. The second-order valence-corrected chi connectivity index (χ2v) is 4.16. The molecule has 0 aliphatic carbocycles. The third-order valence-electron chi connectivity index (χ3n) is 2.62. The highest BCUT2D eigenvalue weighted by molar-refractivity contribution is 6.29. The average Bonchev–Trinajstić information content (AvgIpc) is 2.43. The summed E-state index contributed by atoms with van der Waals surface area (Å²) in [6.07, 6.45) is 0. The SMILES string of the molecule is COc1ccc(OC)c(-c2nc(C)c(F)c(Cl)n2)c1. The number of hydrogen-bond acceptors (Lipinski definition) is 4. The molecule has 0 radical (unpaired) electrons. The Bertz CT molecular complexity index is 597. The fraction of sp³-hybridized carbons (Fsp3) is 0.231. The number of halogens is 2. The van der Waals surface area contributed by atoms with Crippen LogP contribution in [0.4, 0.5) is 4.39 Å². The third-order valence-corrected chi connectivity index (χ3v) is 2.87. The van der Waals surface area contributed by atoms with E-state index in [0.717, 1.165) is 0 Å². The van der Waals surface area contributed by atoms with Crippen molar-refractivity contribution >= 4 is 11.6 Å². The van der Waals surface area contributed by atoms with Gasteiger partial charge in [-0.1, -0.05) is 11.6 Å². The van der Waals surface area contributed by atoms with E-state index in [1.165, 1.54) is 14.0 Å². The van der Waals surface area contributed by atoms with Gasteiger partial charge in [-0.25, -0.2) is 14.4 Å². The summed E-state index contributed by atoms with van der Waals surface area (Å²) in [5, 5.41) is -0.215. The molecule has 0 spiro atoms. The lowest BCUT2D eigenvalue weighted by atomic mass is 10.1. The maximum absolute atomic E-state index is 13.4. The normalized spacial score (nSPS) is 10.4. The zero-order chi connectivity index (χ0) is 14.0. The summed E-state index contributed by atoms with van der Waals surface area (Å²) in [5.74, 6) is 0.854. The monoisotopic (exact) mass is 282 g/mol. The van der Waals surface area contributed by atoms with E-state index in [-0.39, 0.29) is 10.8 Å². The molecule has 4 nitrogen and oxygen atoms in total. The number of nitrogens with zero attached hydrogens (tertiary/aromatic N) is 2. The summed E-state index contributed by atoms with van der Waals surface area (Å²) >= 11 is 5.74. The lowest BCUT2D eigenvalue weighted by Gasteiger charge is -2.10. The van der Waals surface area contributed by atoms with Gasteiger partial charge in [-0.3, -0.25) is 0 Å². The number of benzene rings is 1. The standard InChI is InChI=1S/C13H12ClFN2O2/c1-7-11(15)12(14)17-13(16-7)9-6-8(18-2)4-5-10(9)19-3/h4-6H,1-3H3. The predicted octanol–water partition coefficient (Wildman–Crippen LogP) is 3.26. The summed E-state index contributed by atoms with van der Waals surface area (Å²) in [7, 11) is 3.08. The van der Waals surface area contributed by atoms with Crippen LogP contribution in [-0.4, -0.2) is 24.2 Å². The van der Waals surface area contributed by atoms with Crippen LogP contribution in [0.2, 0.25) is 5.15 Å². The maximum Gasteiger partial charge on any atom is 0.181 e. The van der Waals surface area contributed by atoms with Gasteiger partial charge in [0.05, 0.1) is 25.5 Å². The van der Waals surface area contributed by atoms with E-state index in [9.17, 15) is 4.39 Å². The Morgan fingerprint density at radius 2 is 1.89 bits per heavy atom. The molecule has 0 aliphatic heterocycles. The van der Waals surface area contributed by atoms with Crippen molar-refractivity contribution in [1.82, 2.24) is 9.97 Å². The molecule has 6 heteroatoms. The van der Waals surface area contributed by atoms with Crippen LogP contribution in [0.3, 0.4) is 0 Å². The van der Waals surface area contributed by atoms with Gasteiger partial charge in [0.2, 0.25) is 0 Å². The number of aromatic nitrogens is 2. The first kappa shape index (κ1) is 13.5. The molecule has 0 unspecified atom stereocenters. The molecule has 0 atom stereocenters. The Balaban J connectivity index is 2.63. The van der Waals surface area contributed by atoms with Crippen LogP contribution in [-0.2, 0) is 0 Å². The highest BCUT2D eigenvalue weighted by atomic mass is 35.5. The maximum atomic E-state index is 13.4. The Hall–Kier alpha value is -1.88. The fourth-order valence-electron chi connectivity index (χ4n) is 1.63. The van der Waals surface area contributed by atoms with Crippen molar-refractivity contribution in [2.75, 3.05) is 14.2 Å². The molecule has 1 aromatic carbocycles. The molecule has 2 aromatic rings. The Morgan fingerprint density at radius 3 is 2.47 bits per heavy atom. The zero-order valence-electron chi connectivity index (χ0n) is 10.7. The second-order valence-electron chi connectivity index (χ2n) is 3.80. The van der Waals surface area contributed by atoms with Crippen LogP contribution in [0.5, 0.6) is 11.5 Å². The predicted molar refractivity (Wildman–Crippen MR) is 70.3 cm³/mol. The molecule has 0 fully saturated rings. The zero-order valence-corrected chi connectivity index (χ0v) is 11.5. The van der Waals surface area contributed by atoms with Crippen LogP contribution in [0, 0.1) is 12.7 Å². The first-order valence-electron chi connectivity index (χ1n) is 5.49. The third kappa shape index (κ3) is 2.61. The number of hydrogen-bond donors (Lipinski definition) is 0. The van der Waals surface area contributed by atoms with Crippen LogP contribution in [0.25, 0.3) is 11.4 Å². The number of rotatable bonds is 3. The molecule has 1 aromatic heterocycles. The molecule has 0 amide bonds. The average molecular weight is 283 g/mol. The fourth-order valence-corrected chi connectivity index (χ4v) is 1.85. The van der Waals surface area contributed by atoms with E-state index in [2.05, 4.69) is 9.97 Å². The summed E-state index contributed by atoms with van der Waals surface area (Å²) in [6.45, 7) is 1.53. The first-order chi connectivity index (χ1) is 9.06. The van der Waals surface area contributed by atoms with E-state index in [4.69, 9.17) is 21.1 Å². The molecule has 100 valence electrons. The van der Waals surface area contributed by atoms with E-state index in [1.54, 1.807) is 25.3 Å². The molecule has 1 heterocycles. The van der Waals surface area contributed by atoms with Crippen molar-refractivity contribution < 1.29 is 13.9 Å². The molecule has 0 saturated heterocycles. The smallest absolute Gasteiger partial charge is 0.181 e. The number of ether oxygens (including phenoxy) is 2. The highest BCUT2D eigenvalue weighted by Gasteiger charge is 2.15. The van der Waals surface area contributed by atoms with E-state index >= 15 is 0 Å². The molecule has 0 N–H and O–H groups in total. The van der Waals surface area contributed by atoms with Crippen molar-refractivity contribution in [3.8, 4) is 22.9 Å². The quantitative estimate of drug-likeness (QED) is 0.811. The lowest BCUT2D eigenvalue weighted by Crippen LogP contribution is -1.99.